The van der Waals surface area contributed by atoms with Crippen LogP contribution in [0.2, 0.25) is 5.02 Å². The number of rotatable bonds is 8. The number of likely N-dealkylation sites (N-methyl/N-ethyl adjacent to an activating group) is 1. The summed E-state index contributed by atoms with van der Waals surface area (Å²) in [4.78, 5) is 13.5. The molecule has 1 N–H and O–H groups in total. The molecule has 37 heavy (non-hydrogen) atoms. The summed E-state index contributed by atoms with van der Waals surface area (Å²) in [5.74, 6) is 1.54. The van der Waals surface area contributed by atoms with Crippen LogP contribution in [0.25, 0.3) is 33.9 Å². The molecule has 6 heteroatoms. The topological polar surface area (TPSA) is 44.4 Å². The fraction of sp³-hybridized carbons (Fsp3) is 0.323. The average molecular weight is 515 g/mol. The van der Waals surface area contributed by atoms with Crippen LogP contribution in [-0.2, 0) is 0 Å². The smallest absolute Gasteiger partial charge is 0.140 e. The fourth-order valence-corrected chi connectivity index (χ4v) is 4.94. The molecule has 0 aliphatic carbocycles. The molecule has 0 spiro atoms. The second-order valence-corrected chi connectivity index (χ2v) is 10.4. The van der Waals surface area contributed by atoms with Crippen LogP contribution in [0.15, 0.2) is 66.7 Å². The van der Waals surface area contributed by atoms with Crippen LogP contribution in [0.4, 0.5) is 0 Å². The number of piperazine rings is 1. The van der Waals surface area contributed by atoms with Crippen LogP contribution in [0.5, 0.6) is 5.75 Å². The van der Waals surface area contributed by atoms with Gasteiger partial charge in [0, 0.05) is 49.4 Å². The van der Waals surface area contributed by atoms with Crippen molar-refractivity contribution in [3.63, 3.8) is 0 Å². The predicted octanol–water partition coefficient (Wildman–Crippen LogP) is 6.70. The van der Waals surface area contributed by atoms with Crippen molar-refractivity contribution in [3.05, 3.63) is 82.9 Å². The lowest BCUT2D eigenvalue weighted by Crippen LogP contribution is -2.44. The SMILES string of the molecule is Cc1ccc(-c2nc(-c3ccc(OCCCN4CCN(C)CC4)cc3Cl)[nH]c2-c2ccc(C)cc2)cc1. The van der Waals surface area contributed by atoms with Gasteiger partial charge in [-0.2, -0.15) is 0 Å². The number of aryl methyl sites for hydroxylation is 2. The van der Waals surface area contributed by atoms with E-state index in [1.165, 1.54) is 11.1 Å². The zero-order chi connectivity index (χ0) is 25.8. The summed E-state index contributed by atoms with van der Waals surface area (Å²) in [5, 5.41) is 0.622. The summed E-state index contributed by atoms with van der Waals surface area (Å²) < 4.78 is 6.03. The van der Waals surface area contributed by atoms with Crippen LogP contribution in [0.3, 0.4) is 0 Å². The number of aromatic amines is 1. The maximum atomic E-state index is 6.75. The Hall–Kier alpha value is -3.12. The van der Waals surface area contributed by atoms with Gasteiger partial charge in [0.15, 0.2) is 0 Å². The van der Waals surface area contributed by atoms with Crippen molar-refractivity contribution < 1.29 is 4.74 Å². The van der Waals surface area contributed by atoms with E-state index >= 15 is 0 Å². The summed E-state index contributed by atoms with van der Waals surface area (Å²) in [6.07, 6.45) is 1.00. The maximum absolute atomic E-state index is 6.75. The number of hydrogen-bond acceptors (Lipinski definition) is 4. The molecular weight excluding hydrogens is 480 g/mol. The Morgan fingerprint density at radius 1 is 0.865 bits per heavy atom. The van der Waals surface area contributed by atoms with Crippen molar-refractivity contribution in [2.24, 2.45) is 0 Å². The molecule has 5 rings (SSSR count). The Bertz CT molecular complexity index is 1260. The van der Waals surface area contributed by atoms with Gasteiger partial charge < -0.3 is 19.5 Å². The highest BCUT2D eigenvalue weighted by Crippen LogP contribution is 2.36. The Kier molecular flexibility index (Phi) is 7.94. The summed E-state index contributed by atoms with van der Waals surface area (Å²) in [5.41, 5.74) is 7.37. The molecule has 1 aliphatic heterocycles. The number of hydrogen-bond donors (Lipinski definition) is 1. The predicted molar refractivity (Wildman–Crippen MR) is 153 cm³/mol. The van der Waals surface area contributed by atoms with Gasteiger partial charge in [-0.05, 0) is 45.5 Å². The maximum Gasteiger partial charge on any atom is 0.140 e. The number of aromatic nitrogens is 2. The van der Waals surface area contributed by atoms with Gasteiger partial charge in [-0.3, -0.25) is 0 Å². The molecule has 0 radical (unpaired) electrons. The standard InChI is InChI=1S/C31H35ClN4O/c1-22-5-9-24(10-6-22)29-30(25-11-7-23(2)8-12-25)34-31(33-29)27-14-13-26(21-28(27)32)37-20-4-15-36-18-16-35(3)17-19-36/h5-14,21H,4,15-20H2,1-3H3,(H,33,34). The molecule has 4 aromatic rings. The van der Waals surface area contributed by atoms with Gasteiger partial charge in [0.05, 0.1) is 23.0 Å². The van der Waals surface area contributed by atoms with Crippen LogP contribution < -0.4 is 4.74 Å². The third kappa shape index (κ3) is 6.24. The van der Waals surface area contributed by atoms with E-state index in [0.29, 0.717) is 11.6 Å². The summed E-state index contributed by atoms with van der Waals surface area (Å²) in [6, 6.07) is 22.8. The molecule has 5 nitrogen and oxygen atoms in total. The molecule has 0 amide bonds. The number of nitrogens with one attached hydrogen (secondary N) is 1. The average Bonchev–Trinajstić information content (AvgIpc) is 3.34. The second kappa shape index (κ2) is 11.5. The minimum absolute atomic E-state index is 0.622. The molecule has 2 heterocycles. The Morgan fingerprint density at radius 3 is 2.16 bits per heavy atom. The molecule has 0 unspecified atom stereocenters. The minimum Gasteiger partial charge on any atom is -0.493 e. The van der Waals surface area contributed by atoms with Crippen LogP contribution in [-0.4, -0.2) is 66.1 Å². The van der Waals surface area contributed by atoms with Crippen molar-refractivity contribution in [2.75, 3.05) is 46.4 Å². The molecule has 0 atom stereocenters. The fourth-order valence-electron chi connectivity index (χ4n) is 4.68. The molecule has 1 saturated heterocycles. The van der Waals surface area contributed by atoms with Gasteiger partial charge in [0.25, 0.3) is 0 Å². The van der Waals surface area contributed by atoms with Crippen LogP contribution in [0, 0.1) is 13.8 Å². The van der Waals surface area contributed by atoms with E-state index in [4.69, 9.17) is 21.3 Å². The lowest BCUT2D eigenvalue weighted by Gasteiger charge is -2.32. The number of benzene rings is 3. The first-order valence-corrected chi connectivity index (χ1v) is 13.4. The molecule has 3 aromatic carbocycles. The van der Waals surface area contributed by atoms with Crippen molar-refractivity contribution in [1.29, 1.82) is 0 Å². The van der Waals surface area contributed by atoms with E-state index in [1.54, 1.807) is 0 Å². The molecule has 0 saturated carbocycles. The molecule has 192 valence electrons. The number of imidazole rings is 1. The Balaban J connectivity index is 1.33. The van der Waals surface area contributed by atoms with Gasteiger partial charge >= 0.3 is 0 Å². The van der Waals surface area contributed by atoms with Gasteiger partial charge in [0.2, 0.25) is 0 Å². The number of ether oxygens (including phenoxy) is 1. The van der Waals surface area contributed by atoms with Gasteiger partial charge in [-0.15, -0.1) is 0 Å². The van der Waals surface area contributed by atoms with E-state index in [1.807, 2.05) is 18.2 Å². The highest BCUT2D eigenvalue weighted by Gasteiger charge is 2.18. The van der Waals surface area contributed by atoms with E-state index in [-0.39, 0.29) is 0 Å². The quantitative estimate of drug-likeness (QED) is 0.266. The van der Waals surface area contributed by atoms with Crippen molar-refractivity contribution >= 4 is 11.6 Å². The van der Waals surface area contributed by atoms with Crippen LogP contribution >= 0.6 is 11.6 Å². The minimum atomic E-state index is 0.622. The normalized spacial score (nSPS) is 14.7. The first-order chi connectivity index (χ1) is 18.0. The second-order valence-electron chi connectivity index (χ2n) is 10.0. The molecular formula is C31H35ClN4O. The molecule has 1 fully saturated rings. The summed E-state index contributed by atoms with van der Waals surface area (Å²) in [6.45, 7) is 10.5. The van der Waals surface area contributed by atoms with E-state index < -0.39 is 0 Å². The Morgan fingerprint density at radius 2 is 1.51 bits per heavy atom. The highest BCUT2D eigenvalue weighted by molar-refractivity contribution is 6.33. The lowest BCUT2D eigenvalue weighted by molar-refractivity contribution is 0.145. The van der Waals surface area contributed by atoms with Crippen LogP contribution in [0.1, 0.15) is 17.5 Å². The zero-order valence-electron chi connectivity index (χ0n) is 21.9. The van der Waals surface area contributed by atoms with E-state index in [9.17, 15) is 0 Å². The van der Waals surface area contributed by atoms with Crippen molar-refractivity contribution in [1.82, 2.24) is 19.8 Å². The monoisotopic (exact) mass is 514 g/mol. The molecule has 1 aromatic heterocycles. The zero-order valence-corrected chi connectivity index (χ0v) is 22.7. The third-order valence-electron chi connectivity index (χ3n) is 7.05. The van der Waals surface area contributed by atoms with E-state index in [0.717, 1.165) is 78.8 Å². The number of halogens is 1. The van der Waals surface area contributed by atoms with Gasteiger partial charge in [-0.25, -0.2) is 4.98 Å². The van der Waals surface area contributed by atoms with E-state index in [2.05, 4.69) is 84.2 Å². The van der Waals surface area contributed by atoms with Crippen molar-refractivity contribution in [2.45, 2.75) is 20.3 Å². The van der Waals surface area contributed by atoms with Gasteiger partial charge in [-0.1, -0.05) is 71.3 Å². The first kappa shape index (κ1) is 25.5. The summed E-state index contributed by atoms with van der Waals surface area (Å²) in [7, 11) is 2.18. The summed E-state index contributed by atoms with van der Waals surface area (Å²) >= 11 is 6.75. The third-order valence-corrected chi connectivity index (χ3v) is 7.36. The molecule has 0 bridgehead atoms. The largest absolute Gasteiger partial charge is 0.493 e. The number of H-pyrrole nitrogens is 1. The number of nitrogens with zero attached hydrogens (tertiary/aromatic N) is 3. The Labute approximate surface area is 225 Å². The van der Waals surface area contributed by atoms with Crippen molar-refractivity contribution in [3.8, 4) is 39.7 Å². The lowest BCUT2D eigenvalue weighted by atomic mass is 10.0. The highest BCUT2D eigenvalue weighted by atomic mass is 35.5. The molecule has 1 aliphatic rings. The first-order valence-electron chi connectivity index (χ1n) is 13.0. The van der Waals surface area contributed by atoms with Gasteiger partial charge in [0.1, 0.15) is 11.6 Å².